The van der Waals surface area contributed by atoms with E-state index < -0.39 is 10.0 Å². The molecule has 0 N–H and O–H groups in total. The molecular formula is C25H28N4O3S. The minimum Gasteiger partial charge on any atom is -0.354 e. The Morgan fingerprint density at radius 3 is 2.18 bits per heavy atom. The Morgan fingerprint density at radius 2 is 1.61 bits per heavy atom. The first-order valence-corrected chi connectivity index (χ1v) is 12.7. The molecule has 1 aliphatic rings. The van der Waals surface area contributed by atoms with Crippen molar-refractivity contribution in [2.45, 2.75) is 13.5 Å². The molecule has 4 rings (SSSR count). The van der Waals surface area contributed by atoms with Gasteiger partial charge in [0.1, 0.15) is 5.82 Å². The zero-order valence-electron chi connectivity index (χ0n) is 18.9. The summed E-state index contributed by atoms with van der Waals surface area (Å²) in [7, 11) is -3.16. The second-order valence-electron chi connectivity index (χ2n) is 8.27. The van der Waals surface area contributed by atoms with E-state index in [1.54, 1.807) is 11.1 Å². The fraction of sp³-hybridized carbons (Fsp3) is 0.280. The molecule has 1 amide bonds. The molecule has 0 atom stereocenters. The lowest BCUT2D eigenvalue weighted by Crippen LogP contribution is -2.48. The predicted octanol–water partition coefficient (Wildman–Crippen LogP) is 3.32. The molecule has 33 heavy (non-hydrogen) atoms. The van der Waals surface area contributed by atoms with Crippen molar-refractivity contribution in [1.29, 1.82) is 0 Å². The van der Waals surface area contributed by atoms with Crippen molar-refractivity contribution in [3.63, 3.8) is 0 Å². The highest BCUT2D eigenvalue weighted by molar-refractivity contribution is 7.88. The van der Waals surface area contributed by atoms with E-state index in [9.17, 15) is 13.2 Å². The van der Waals surface area contributed by atoms with Gasteiger partial charge in [0.2, 0.25) is 10.0 Å². The van der Waals surface area contributed by atoms with Crippen molar-refractivity contribution >= 4 is 27.4 Å². The van der Waals surface area contributed by atoms with Gasteiger partial charge in [0.25, 0.3) is 5.91 Å². The van der Waals surface area contributed by atoms with Crippen LogP contribution < -0.4 is 9.80 Å². The summed E-state index contributed by atoms with van der Waals surface area (Å²) >= 11 is 0. The topological polar surface area (TPSA) is 73.8 Å². The number of nitrogens with zero attached hydrogens (tertiary/aromatic N) is 4. The number of rotatable bonds is 6. The third-order valence-electron chi connectivity index (χ3n) is 5.79. The quantitative estimate of drug-likeness (QED) is 0.560. The first-order chi connectivity index (χ1) is 15.8. The largest absolute Gasteiger partial charge is 0.354 e. The lowest BCUT2D eigenvalue weighted by atomic mass is 10.1. The molecule has 1 saturated heterocycles. The number of benzene rings is 2. The highest BCUT2D eigenvalue weighted by Gasteiger charge is 2.24. The van der Waals surface area contributed by atoms with E-state index in [-0.39, 0.29) is 5.91 Å². The molecule has 0 bridgehead atoms. The summed E-state index contributed by atoms with van der Waals surface area (Å²) in [5, 5.41) is 0. The Balaban J connectivity index is 1.51. The van der Waals surface area contributed by atoms with E-state index in [0.717, 1.165) is 22.6 Å². The van der Waals surface area contributed by atoms with Crippen molar-refractivity contribution in [1.82, 2.24) is 9.29 Å². The standard InChI is InChI=1S/C25H28N4O3S/c1-20-8-11-23(12-9-20)29(25(30)22-6-4-3-5-7-22)19-21-10-13-24(26-18-21)27-14-16-28(17-15-27)33(2,31)32/h3-13,18H,14-17,19H2,1-2H3. The highest BCUT2D eigenvalue weighted by Crippen LogP contribution is 2.22. The third-order valence-corrected chi connectivity index (χ3v) is 7.10. The van der Waals surface area contributed by atoms with Gasteiger partial charge in [-0.1, -0.05) is 42.0 Å². The minimum absolute atomic E-state index is 0.0690. The number of sulfonamides is 1. The van der Waals surface area contributed by atoms with Crippen LogP contribution in [0.25, 0.3) is 0 Å². The Kier molecular flexibility index (Phi) is 6.76. The number of hydrogen-bond donors (Lipinski definition) is 0. The molecule has 1 fully saturated rings. The smallest absolute Gasteiger partial charge is 0.258 e. The highest BCUT2D eigenvalue weighted by atomic mass is 32.2. The van der Waals surface area contributed by atoms with Gasteiger partial charge in [0.15, 0.2) is 0 Å². The molecule has 0 radical (unpaired) electrons. The van der Waals surface area contributed by atoms with Crippen LogP contribution in [0.1, 0.15) is 21.5 Å². The van der Waals surface area contributed by atoms with Crippen molar-refractivity contribution in [2.75, 3.05) is 42.2 Å². The second kappa shape index (κ2) is 9.72. The minimum atomic E-state index is -3.16. The van der Waals surface area contributed by atoms with E-state index in [4.69, 9.17) is 0 Å². The zero-order valence-corrected chi connectivity index (χ0v) is 19.7. The molecule has 0 saturated carbocycles. The van der Waals surface area contributed by atoms with Gasteiger partial charge in [0.05, 0.1) is 12.8 Å². The molecule has 1 aromatic heterocycles. The first kappa shape index (κ1) is 22.9. The van der Waals surface area contributed by atoms with Gasteiger partial charge in [-0.15, -0.1) is 0 Å². The molecule has 8 heteroatoms. The molecule has 172 valence electrons. The Morgan fingerprint density at radius 1 is 0.939 bits per heavy atom. The maximum absolute atomic E-state index is 13.3. The third kappa shape index (κ3) is 5.58. The predicted molar refractivity (Wildman–Crippen MR) is 131 cm³/mol. The van der Waals surface area contributed by atoms with Gasteiger partial charge in [-0.3, -0.25) is 4.79 Å². The van der Waals surface area contributed by atoms with Crippen molar-refractivity contribution in [3.05, 3.63) is 89.6 Å². The zero-order chi connectivity index (χ0) is 23.4. The molecule has 2 aromatic carbocycles. The number of carbonyl (C=O) groups is 1. The van der Waals surface area contributed by atoms with Crippen LogP contribution in [-0.4, -0.2) is 56.0 Å². The average molecular weight is 465 g/mol. The van der Waals surface area contributed by atoms with E-state index in [0.29, 0.717) is 38.3 Å². The molecule has 0 unspecified atom stereocenters. The Labute approximate surface area is 195 Å². The normalized spacial score (nSPS) is 14.8. The van der Waals surface area contributed by atoms with E-state index in [1.807, 2.05) is 73.7 Å². The van der Waals surface area contributed by atoms with Gasteiger partial charge in [0, 0.05) is 43.6 Å². The van der Waals surface area contributed by atoms with Crippen molar-refractivity contribution in [2.24, 2.45) is 0 Å². The molecule has 2 heterocycles. The molecular weight excluding hydrogens is 436 g/mol. The summed E-state index contributed by atoms with van der Waals surface area (Å²) < 4.78 is 25.0. The molecule has 1 aliphatic heterocycles. The summed E-state index contributed by atoms with van der Waals surface area (Å²) in [4.78, 5) is 21.7. The van der Waals surface area contributed by atoms with Crippen molar-refractivity contribution in [3.8, 4) is 0 Å². The van der Waals surface area contributed by atoms with Gasteiger partial charge >= 0.3 is 0 Å². The van der Waals surface area contributed by atoms with E-state index in [2.05, 4.69) is 9.88 Å². The number of aryl methyl sites for hydroxylation is 1. The molecule has 7 nitrogen and oxygen atoms in total. The monoisotopic (exact) mass is 464 g/mol. The fourth-order valence-corrected chi connectivity index (χ4v) is 4.70. The van der Waals surface area contributed by atoms with Crippen LogP contribution in [0.4, 0.5) is 11.5 Å². The number of aromatic nitrogens is 1. The van der Waals surface area contributed by atoms with E-state index >= 15 is 0 Å². The number of anilines is 2. The first-order valence-electron chi connectivity index (χ1n) is 10.9. The molecule has 3 aromatic rings. The van der Waals surface area contributed by atoms with Gasteiger partial charge in [-0.05, 0) is 42.8 Å². The van der Waals surface area contributed by atoms with Gasteiger partial charge in [-0.2, -0.15) is 4.31 Å². The SMILES string of the molecule is Cc1ccc(N(Cc2ccc(N3CCN(S(C)(=O)=O)CC3)nc2)C(=O)c2ccccc2)cc1. The summed E-state index contributed by atoms with van der Waals surface area (Å²) in [6.07, 6.45) is 3.03. The maximum atomic E-state index is 13.3. The van der Waals surface area contributed by atoms with Crippen LogP contribution in [0, 0.1) is 6.92 Å². The maximum Gasteiger partial charge on any atom is 0.258 e. The van der Waals surface area contributed by atoms with Crippen LogP contribution in [0.15, 0.2) is 72.9 Å². The second-order valence-corrected chi connectivity index (χ2v) is 10.2. The number of piperazine rings is 1. The van der Waals surface area contributed by atoms with Crippen LogP contribution in [0.5, 0.6) is 0 Å². The van der Waals surface area contributed by atoms with E-state index in [1.165, 1.54) is 10.6 Å². The molecule has 0 spiro atoms. The molecule has 0 aliphatic carbocycles. The summed E-state index contributed by atoms with van der Waals surface area (Å²) in [5.74, 6) is 0.739. The lowest BCUT2D eigenvalue weighted by molar-refractivity contribution is 0.0985. The average Bonchev–Trinajstić information content (AvgIpc) is 2.83. The number of amides is 1. The van der Waals surface area contributed by atoms with Gasteiger partial charge in [-0.25, -0.2) is 13.4 Å². The number of carbonyl (C=O) groups excluding carboxylic acids is 1. The Bertz CT molecular complexity index is 1190. The number of hydrogen-bond acceptors (Lipinski definition) is 5. The van der Waals surface area contributed by atoms with Crippen molar-refractivity contribution < 1.29 is 13.2 Å². The van der Waals surface area contributed by atoms with Crippen LogP contribution in [-0.2, 0) is 16.6 Å². The van der Waals surface area contributed by atoms with Crippen LogP contribution >= 0.6 is 0 Å². The fourth-order valence-electron chi connectivity index (χ4n) is 3.87. The van der Waals surface area contributed by atoms with Gasteiger partial charge < -0.3 is 9.80 Å². The van der Waals surface area contributed by atoms with Crippen LogP contribution in [0.2, 0.25) is 0 Å². The summed E-state index contributed by atoms with van der Waals surface area (Å²) in [6.45, 7) is 4.52. The lowest BCUT2D eigenvalue weighted by Gasteiger charge is -2.34. The summed E-state index contributed by atoms with van der Waals surface area (Å²) in [6, 6.07) is 21.1. The number of pyridine rings is 1. The van der Waals surface area contributed by atoms with Crippen LogP contribution in [0.3, 0.4) is 0 Å². The summed E-state index contributed by atoms with van der Waals surface area (Å²) in [5.41, 5.74) is 3.51. The Hall–Kier alpha value is -3.23.